The molecule has 0 fully saturated rings. The molecule has 2 aromatic carbocycles. The molecular weight excluding hydrogens is 369 g/mol. The minimum atomic E-state index is -3.86. The van der Waals surface area contributed by atoms with Gasteiger partial charge in [0.1, 0.15) is 10.7 Å². The number of sulfonamides is 1. The summed E-state index contributed by atoms with van der Waals surface area (Å²) in [6, 6.07) is 10.4. The van der Waals surface area contributed by atoms with Crippen LogP contribution in [-0.2, 0) is 16.6 Å². The average molecular weight is 379 g/mol. The van der Waals surface area contributed by atoms with E-state index in [1.807, 2.05) is 6.07 Å². The highest BCUT2D eigenvalue weighted by atomic mass is 79.9. The Hall–Kier alpha value is -0.950. The highest BCUT2D eigenvalue weighted by molar-refractivity contribution is 9.10. The van der Waals surface area contributed by atoms with Gasteiger partial charge in [0.2, 0.25) is 10.0 Å². The van der Waals surface area contributed by atoms with Gasteiger partial charge in [-0.25, -0.2) is 17.5 Å². The monoisotopic (exact) mass is 377 g/mol. The Kier molecular flexibility index (Phi) is 4.80. The van der Waals surface area contributed by atoms with Crippen molar-refractivity contribution < 1.29 is 12.8 Å². The Bertz CT molecular complexity index is 737. The Morgan fingerprint density at radius 2 is 1.95 bits per heavy atom. The fraction of sp³-hybridized carbons (Fsp3) is 0.0769. The van der Waals surface area contributed by atoms with Gasteiger partial charge in [0, 0.05) is 11.0 Å². The van der Waals surface area contributed by atoms with E-state index >= 15 is 0 Å². The zero-order valence-corrected chi connectivity index (χ0v) is 13.3. The third-order valence-corrected chi connectivity index (χ3v) is 4.91. The molecule has 0 aliphatic rings. The smallest absolute Gasteiger partial charge is 0.207 e. The zero-order chi connectivity index (χ0) is 14.8. The molecule has 0 amide bonds. The molecule has 1 N–H and O–H groups in total. The quantitative estimate of drug-likeness (QED) is 0.881. The summed E-state index contributed by atoms with van der Waals surface area (Å²) in [6.45, 7) is 0.0919. The van der Waals surface area contributed by atoms with Gasteiger partial charge in [0.05, 0.1) is 5.02 Å². The molecule has 0 aliphatic heterocycles. The van der Waals surface area contributed by atoms with E-state index in [0.29, 0.717) is 0 Å². The molecule has 2 rings (SSSR count). The SMILES string of the molecule is O=S(=O)(NCc1cccc(Br)c1)c1cc(F)ccc1Cl. The molecule has 2 aromatic rings. The lowest BCUT2D eigenvalue weighted by Gasteiger charge is -2.08. The van der Waals surface area contributed by atoms with E-state index in [9.17, 15) is 12.8 Å². The first-order valence-electron chi connectivity index (χ1n) is 5.58. The van der Waals surface area contributed by atoms with Crippen molar-refractivity contribution in [3.8, 4) is 0 Å². The highest BCUT2D eigenvalue weighted by Crippen LogP contribution is 2.22. The van der Waals surface area contributed by atoms with Crippen molar-refractivity contribution >= 4 is 37.6 Å². The molecule has 0 aliphatic carbocycles. The van der Waals surface area contributed by atoms with Gasteiger partial charge in [-0.1, -0.05) is 39.7 Å². The van der Waals surface area contributed by atoms with E-state index in [0.717, 1.165) is 22.2 Å². The predicted octanol–water partition coefficient (Wildman–Crippen LogP) is 3.72. The van der Waals surface area contributed by atoms with Gasteiger partial charge >= 0.3 is 0 Å². The highest BCUT2D eigenvalue weighted by Gasteiger charge is 2.18. The number of nitrogens with one attached hydrogen (secondary N) is 1. The van der Waals surface area contributed by atoms with Gasteiger partial charge in [-0.2, -0.15) is 0 Å². The molecule has 0 saturated carbocycles. The summed E-state index contributed by atoms with van der Waals surface area (Å²) in [6.07, 6.45) is 0. The minimum absolute atomic E-state index is 0.0202. The number of halogens is 3. The van der Waals surface area contributed by atoms with E-state index in [1.54, 1.807) is 18.2 Å². The summed E-state index contributed by atoms with van der Waals surface area (Å²) in [5.74, 6) is -0.655. The Balaban J connectivity index is 2.21. The number of hydrogen-bond donors (Lipinski definition) is 1. The second kappa shape index (κ2) is 6.22. The average Bonchev–Trinajstić information content (AvgIpc) is 2.39. The lowest BCUT2D eigenvalue weighted by molar-refractivity contribution is 0.577. The fourth-order valence-electron chi connectivity index (χ4n) is 1.59. The maximum Gasteiger partial charge on any atom is 0.242 e. The first-order chi connectivity index (χ1) is 9.38. The summed E-state index contributed by atoms with van der Waals surface area (Å²) < 4.78 is 40.5. The number of benzene rings is 2. The van der Waals surface area contributed by atoms with Crippen molar-refractivity contribution in [2.24, 2.45) is 0 Å². The Morgan fingerprint density at radius 1 is 1.20 bits per heavy atom. The Morgan fingerprint density at radius 3 is 2.65 bits per heavy atom. The summed E-state index contributed by atoms with van der Waals surface area (Å²) in [5.41, 5.74) is 0.774. The van der Waals surface area contributed by atoms with E-state index in [1.165, 1.54) is 6.07 Å². The molecule has 20 heavy (non-hydrogen) atoms. The maximum atomic E-state index is 13.1. The lowest BCUT2D eigenvalue weighted by atomic mass is 10.2. The molecule has 0 unspecified atom stereocenters. The number of rotatable bonds is 4. The molecule has 0 spiro atoms. The second-order valence-electron chi connectivity index (χ2n) is 4.03. The van der Waals surface area contributed by atoms with Crippen LogP contribution < -0.4 is 4.72 Å². The molecule has 3 nitrogen and oxygen atoms in total. The minimum Gasteiger partial charge on any atom is -0.207 e. The van der Waals surface area contributed by atoms with Gasteiger partial charge in [0.25, 0.3) is 0 Å². The van der Waals surface area contributed by atoms with Crippen LogP contribution in [0.4, 0.5) is 4.39 Å². The Labute approximate surface area is 130 Å². The third kappa shape index (κ3) is 3.79. The standard InChI is InChI=1S/C13H10BrClFNO2S/c14-10-3-1-2-9(6-10)8-17-20(18,19)13-7-11(16)4-5-12(13)15/h1-7,17H,8H2. The van der Waals surface area contributed by atoms with Crippen LogP contribution in [0.2, 0.25) is 5.02 Å². The van der Waals surface area contributed by atoms with Gasteiger partial charge in [0.15, 0.2) is 0 Å². The van der Waals surface area contributed by atoms with Crippen LogP contribution in [0.5, 0.6) is 0 Å². The molecule has 0 radical (unpaired) electrons. The molecule has 0 saturated heterocycles. The molecule has 7 heteroatoms. The van der Waals surface area contributed by atoms with Crippen molar-refractivity contribution in [3.05, 3.63) is 63.3 Å². The van der Waals surface area contributed by atoms with Gasteiger partial charge < -0.3 is 0 Å². The maximum absolute atomic E-state index is 13.1. The van der Waals surface area contributed by atoms with Gasteiger partial charge in [-0.15, -0.1) is 0 Å². The third-order valence-electron chi connectivity index (χ3n) is 2.54. The van der Waals surface area contributed by atoms with Crippen molar-refractivity contribution in [2.45, 2.75) is 11.4 Å². The first-order valence-corrected chi connectivity index (χ1v) is 8.23. The van der Waals surface area contributed by atoms with Crippen molar-refractivity contribution in [1.29, 1.82) is 0 Å². The van der Waals surface area contributed by atoms with Crippen LogP contribution in [0.25, 0.3) is 0 Å². The van der Waals surface area contributed by atoms with Crippen LogP contribution in [0.1, 0.15) is 5.56 Å². The van der Waals surface area contributed by atoms with E-state index in [4.69, 9.17) is 11.6 Å². The fourth-order valence-corrected chi connectivity index (χ4v) is 3.56. The van der Waals surface area contributed by atoms with Gasteiger partial charge in [-0.05, 0) is 35.9 Å². The largest absolute Gasteiger partial charge is 0.242 e. The summed E-state index contributed by atoms with van der Waals surface area (Å²) in [4.78, 5) is -0.269. The molecular formula is C13H10BrClFNO2S. The topological polar surface area (TPSA) is 46.2 Å². The van der Waals surface area contributed by atoms with Crippen molar-refractivity contribution in [3.63, 3.8) is 0 Å². The van der Waals surface area contributed by atoms with Crippen LogP contribution in [0.15, 0.2) is 51.8 Å². The zero-order valence-electron chi connectivity index (χ0n) is 10.1. The lowest BCUT2D eigenvalue weighted by Crippen LogP contribution is -2.23. The molecule has 106 valence electrons. The summed E-state index contributed by atoms with van der Waals surface area (Å²) in [7, 11) is -3.86. The van der Waals surface area contributed by atoms with E-state index in [2.05, 4.69) is 20.7 Å². The number of hydrogen-bond acceptors (Lipinski definition) is 2. The van der Waals surface area contributed by atoms with E-state index in [-0.39, 0.29) is 16.5 Å². The first kappa shape index (κ1) is 15.4. The molecule has 0 atom stereocenters. The van der Waals surface area contributed by atoms with Crippen molar-refractivity contribution in [1.82, 2.24) is 4.72 Å². The van der Waals surface area contributed by atoms with Crippen LogP contribution >= 0.6 is 27.5 Å². The van der Waals surface area contributed by atoms with Crippen LogP contribution in [0, 0.1) is 5.82 Å². The molecule has 0 heterocycles. The van der Waals surface area contributed by atoms with E-state index < -0.39 is 15.8 Å². The summed E-state index contributed by atoms with van der Waals surface area (Å²) in [5, 5.41) is -0.0202. The normalized spacial score (nSPS) is 11.6. The van der Waals surface area contributed by atoms with Crippen LogP contribution in [-0.4, -0.2) is 8.42 Å². The summed E-state index contributed by atoms with van der Waals surface area (Å²) >= 11 is 9.10. The molecule has 0 aromatic heterocycles. The van der Waals surface area contributed by atoms with Gasteiger partial charge in [-0.3, -0.25) is 0 Å². The van der Waals surface area contributed by atoms with Crippen LogP contribution in [0.3, 0.4) is 0 Å². The predicted molar refractivity (Wildman–Crippen MR) is 79.6 cm³/mol. The second-order valence-corrected chi connectivity index (χ2v) is 7.09. The van der Waals surface area contributed by atoms with Crippen molar-refractivity contribution in [2.75, 3.05) is 0 Å². The molecule has 0 bridgehead atoms.